The number of hydrogen-bond donors (Lipinski definition) is 1. The summed E-state index contributed by atoms with van der Waals surface area (Å²) in [5, 5.41) is 2.78. The molecule has 1 amide bonds. The molecule has 1 N–H and O–H groups in total. The fraction of sp³-hybridized carbons (Fsp3) is 0.333. The van der Waals surface area contributed by atoms with Gasteiger partial charge in [-0.15, -0.1) is 0 Å². The Morgan fingerprint density at radius 1 is 1.17 bits per heavy atom. The van der Waals surface area contributed by atoms with Crippen molar-refractivity contribution in [3.8, 4) is 0 Å². The lowest BCUT2D eigenvalue weighted by Gasteiger charge is -2.28. The average Bonchev–Trinajstić information content (AvgIpc) is 2.93. The molecule has 7 nitrogen and oxygen atoms in total. The molecule has 0 saturated heterocycles. The van der Waals surface area contributed by atoms with Crippen molar-refractivity contribution >= 4 is 48.9 Å². The Bertz CT molecular complexity index is 1250. The molecule has 1 aromatic heterocycles. The van der Waals surface area contributed by atoms with Crippen LogP contribution >= 0.6 is 11.3 Å². The minimum Gasteiger partial charge on any atom is -0.324 e. The van der Waals surface area contributed by atoms with Gasteiger partial charge in [0.25, 0.3) is 0 Å². The van der Waals surface area contributed by atoms with Crippen molar-refractivity contribution in [2.45, 2.75) is 40.3 Å². The number of hydrogen-bond acceptors (Lipinski definition) is 5. The molecule has 3 aromatic rings. The smallest absolute Gasteiger partial charge is 0.308 e. The van der Waals surface area contributed by atoms with E-state index in [0.717, 1.165) is 43.2 Å². The van der Waals surface area contributed by atoms with Crippen LogP contribution < -0.4 is 14.5 Å². The van der Waals surface area contributed by atoms with Gasteiger partial charge in [-0.3, -0.25) is 18.5 Å². The molecule has 0 aliphatic heterocycles. The van der Waals surface area contributed by atoms with E-state index in [1.165, 1.54) is 0 Å². The molecule has 9 heteroatoms. The maximum atomic E-state index is 12.9. The molecule has 0 spiro atoms. The predicted molar refractivity (Wildman–Crippen MR) is 123 cm³/mol. The Balaban J connectivity index is 1.92. The fourth-order valence-corrected chi connectivity index (χ4v) is 5.73. The second kappa shape index (κ2) is 8.23. The second-order valence-electron chi connectivity index (χ2n) is 7.36. The second-order valence-corrected chi connectivity index (χ2v) is 10.2. The summed E-state index contributed by atoms with van der Waals surface area (Å²) in [6, 6.07) is 9.71. The molecular formula is C21H25N3O4S2. The van der Waals surface area contributed by atoms with Gasteiger partial charge in [0.1, 0.15) is 6.04 Å². The van der Waals surface area contributed by atoms with Crippen molar-refractivity contribution in [2.24, 2.45) is 0 Å². The first-order chi connectivity index (χ1) is 14.0. The molecule has 0 aliphatic rings. The molecule has 0 aliphatic carbocycles. The van der Waals surface area contributed by atoms with Gasteiger partial charge in [0, 0.05) is 12.2 Å². The molecular weight excluding hydrogens is 422 g/mol. The van der Waals surface area contributed by atoms with Crippen LogP contribution in [0.3, 0.4) is 0 Å². The lowest BCUT2D eigenvalue weighted by Crippen LogP contribution is -2.45. The normalized spacial score (nSPS) is 12.7. The Morgan fingerprint density at radius 2 is 1.80 bits per heavy atom. The summed E-state index contributed by atoms with van der Waals surface area (Å²) < 4.78 is 28.6. The number of carbonyl (C=O) groups is 1. The summed E-state index contributed by atoms with van der Waals surface area (Å²) in [5.41, 5.74) is 3.59. The average molecular weight is 448 g/mol. The molecule has 3 rings (SSSR count). The van der Waals surface area contributed by atoms with Gasteiger partial charge in [-0.25, -0.2) is 8.42 Å². The van der Waals surface area contributed by atoms with Crippen molar-refractivity contribution in [3.63, 3.8) is 0 Å². The van der Waals surface area contributed by atoms with Gasteiger partial charge in [0.05, 0.1) is 22.2 Å². The Hall–Kier alpha value is -2.65. The first kappa shape index (κ1) is 22.0. The SMILES string of the molecule is CCn1c(=O)sc2cc(NC(=O)[C@@H](C)N(c3cc(C)cc(C)c3)S(C)(=O)=O)ccc21. The molecule has 1 atom stereocenters. The number of fused-ring (bicyclic) bond motifs is 1. The predicted octanol–water partition coefficient (Wildman–Crippen LogP) is 3.49. The highest BCUT2D eigenvalue weighted by Gasteiger charge is 2.29. The zero-order chi connectivity index (χ0) is 22.2. The summed E-state index contributed by atoms with van der Waals surface area (Å²) in [6.45, 7) is 7.78. The number of nitrogens with one attached hydrogen (secondary N) is 1. The standard InChI is InChI=1S/C21H25N3O4S2/c1-6-23-18-8-7-16(12-19(18)29-21(23)26)22-20(25)15(4)24(30(5,27)28)17-10-13(2)9-14(3)11-17/h7-12,15H,6H2,1-5H3,(H,22,25)/t15-/m1/s1. The van der Waals surface area contributed by atoms with Crippen molar-refractivity contribution in [1.82, 2.24) is 4.57 Å². The summed E-state index contributed by atoms with van der Waals surface area (Å²) in [6.07, 6.45) is 1.09. The van der Waals surface area contributed by atoms with Crippen LogP contribution in [0.1, 0.15) is 25.0 Å². The highest BCUT2D eigenvalue weighted by Crippen LogP contribution is 2.26. The third-order valence-electron chi connectivity index (χ3n) is 4.80. The maximum absolute atomic E-state index is 12.9. The van der Waals surface area contributed by atoms with Crippen molar-refractivity contribution < 1.29 is 13.2 Å². The third-order valence-corrected chi connectivity index (χ3v) is 6.99. The molecule has 0 bridgehead atoms. The fourth-order valence-electron chi connectivity index (χ4n) is 3.58. The number of aromatic nitrogens is 1. The molecule has 0 saturated carbocycles. The van der Waals surface area contributed by atoms with E-state index >= 15 is 0 Å². The molecule has 1 heterocycles. The van der Waals surface area contributed by atoms with Gasteiger partial charge in [0.2, 0.25) is 15.9 Å². The van der Waals surface area contributed by atoms with Crippen LogP contribution in [0.15, 0.2) is 41.2 Å². The third kappa shape index (κ3) is 4.41. The lowest BCUT2D eigenvalue weighted by molar-refractivity contribution is -0.116. The highest BCUT2D eigenvalue weighted by atomic mass is 32.2. The zero-order valence-electron chi connectivity index (χ0n) is 17.6. The summed E-state index contributed by atoms with van der Waals surface area (Å²) in [5.74, 6) is -0.457. The van der Waals surface area contributed by atoms with Crippen LogP contribution in [0.25, 0.3) is 10.2 Å². The number of nitrogens with zero attached hydrogens (tertiary/aromatic N) is 2. The largest absolute Gasteiger partial charge is 0.324 e. The Labute approximate surface area is 180 Å². The zero-order valence-corrected chi connectivity index (χ0v) is 19.2. The van der Waals surface area contributed by atoms with Gasteiger partial charge >= 0.3 is 4.87 Å². The van der Waals surface area contributed by atoms with Crippen molar-refractivity contribution in [1.29, 1.82) is 0 Å². The number of aryl methyl sites for hydroxylation is 3. The van der Waals surface area contributed by atoms with E-state index < -0.39 is 22.0 Å². The molecule has 160 valence electrons. The quantitative estimate of drug-likeness (QED) is 0.626. The highest BCUT2D eigenvalue weighted by molar-refractivity contribution is 7.92. The number of rotatable bonds is 6. The van der Waals surface area contributed by atoms with Gasteiger partial charge < -0.3 is 5.32 Å². The van der Waals surface area contributed by atoms with Crippen LogP contribution in [0.2, 0.25) is 0 Å². The maximum Gasteiger partial charge on any atom is 0.308 e. The summed E-state index contributed by atoms with van der Waals surface area (Å²) in [7, 11) is -3.70. The Kier molecular flexibility index (Phi) is 6.05. The molecule has 0 radical (unpaired) electrons. The lowest BCUT2D eigenvalue weighted by atomic mass is 10.1. The van der Waals surface area contributed by atoms with E-state index in [9.17, 15) is 18.0 Å². The van der Waals surface area contributed by atoms with E-state index in [1.54, 1.807) is 41.8 Å². The van der Waals surface area contributed by atoms with Gasteiger partial charge in [-0.05, 0) is 69.2 Å². The van der Waals surface area contributed by atoms with Gasteiger partial charge in [-0.2, -0.15) is 0 Å². The van der Waals surface area contributed by atoms with Crippen LogP contribution in [0, 0.1) is 13.8 Å². The summed E-state index contributed by atoms with van der Waals surface area (Å²) >= 11 is 1.11. The number of benzene rings is 2. The number of thiazole rings is 1. The topological polar surface area (TPSA) is 88.5 Å². The summed E-state index contributed by atoms with van der Waals surface area (Å²) in [4.78, 5) is 24.9. The Morgan fingerprint density at radius 3 is 2.37 bits per heavy atom. The van der Waals surface area contributed by atoms with E-state index in [4.69, 9.17) is 0 Å². The van der Waals surface area contributed by atoms with Crippen molar-refractivity contribution in [3.05, 3.63) is 57.2 Å². The van der Waals surface area contributed by atoms with Crippen LogP contribution in [0.5, 0.6) is 0 Å². The van der Waals surface area contributed by atoms with E-state index in [-0.39, 0.29) is 4.87 Å². The molecule has 2 aromatic carbocycles. The molecule has 0 unspecified atom stereocenters. The van der Waals surface area contributed by atoms with Crippen LogP contribution in [-0.2, 0) is 21.4 Å². The van der Waals surface area contributed by atoms with Crippen LogP contribution in [0.4, 0.5) is 11.4 Å². The van der Waals surface area contributed by atoms with Gasteiger partial charge in [-0.1, -0.05) is 17.4 Å². The minimum absolute atomic E-state index is 0.0533. The number of carbonyl (C=O) groups excluding carboxylic acids is 1. The van der Waals surface area contributed by atoms with E-state index in [1.807, 2.05) is 26.8 Å². The van der Waals surface area contributed by atoms with Crippen LogP contribution in [-0.4, -0.2) is 31.2 Å². The molecule has 0 fully saturated rings. The first-order valence-electron chi connectivity index (χ1n) is 9.53. The minimum atomic E-state index is -3.70. The number of amides is 1. The number of anilines is 2. The van der Waals surface area contributed by atoms with Crippen molar-refractivity contribution in [2.75, 3.05) is 15.9 Å². The number of sulfonamides is 1. The van der Waals surface area contributed by atoms with E-state index in [2.05, 4.69) is 5.32 Å². The monoisotopic (exact) mass is 447 g/mol. The van der Waals surface area contributed by atoms with E-state index in [0.29, 0.717) is 17.9 Å². The molecule has 30 heavy (non-hydrogen) atoms. The van der Waals surface area contributed by atoms with Gasteiger partial charge in [0.15, 0.2) is 0 Å². The first-order valence-corrected chi connectivity index (χ1v) is 12.2.